The number of urea groups is 1. The molecular formula is C15H27N3O3. The van der Waals surface area contributed by atoms with Gasteiger partial charge in [-0.05, 0) is 32.7 Å². The van der Waals surface area contributed by atoms with Crippen molar-refractivity contribution in [1.82, 2.24) is 15.1 Å². The maximum absolute atomic E-state index is 12.5. The standard InChI is InChI=1S/C15H27N3O3/c1-11-5-4-6-15(9-11,13(19)20)16-14(21)18-8-7-17(3)10-12(18)2/h11-12H,4-10H2,1-3H3,(H,16,21)(H,19,20). The third kappa shape index (κ3) is 3.48. The van der Waals surface area contributed by atoms with Crippen molar-refractivity contribution in [1.29, 1.82) is 0 Å². The molecule has 2 rings (SSSR count). The topological polar surface area (TPSA) is 72.9 Å². The van der Waals surface area contributed by atoms with Crippen LogP contribution in [-0.4, -0.2) is 65.2 Å². The van der Waals surface area contributed by atoms with Crippen LogP contribution in [0.5, 0.6) is 0 Å². The van der Waals surface area contributed by atoms with E-state index >= 15 is 0 Å². The summed E-state index contributed by atoms with van der Waals surface area (Å²) < 4.78 is 0. The highest BCUT2D eigenvalue weighted by Gasteiger charge is 2.44. The molecule has 2 N–H and O–H groups in total. The SMILES string of the molecule is CC1CCCC(NC(=O)N2CCN(C)CC2C)(C(=O)O)C1. The van der Waals surface area contributed by atoms with Crippen LogP contribution in [0.2, 0.25) is 0 Å². The Hall–Kier alpha value is -1.30. The molecule has 6 heteroatoms. The summed E-state index contributed by atoms with van der Waals surface area (Å²) in [6.07, 6.45) is 2.94. The fourth-order valence-corrected chi connectivity index (χ4v) is 3.63. The molecule has 21 heavy (non-hydrogen) atoms. The number of nitrogens with one attached hydrogen (secondary N) is 1. The largest absolute Gasteiger partial charge is 0.480 e. The van der Waals surface area contributed by atoms with Crippen LogP contribution in [0.1, 0.15) is 39.5 Å². The van der Waals surface area contributed by atoms with Gasteiger partial charge in [-0.15, -0.1) is 0 Å². The molecule has 3 atom stereocenters. The smallest absolute Gasteiger partial charge is 0.329 e. The van der Waals surface area contributed by atoms with Crippen LogP contribution in [0.25, 0.3) is 0 Å². The van der Waals surface area contributed by atoms with Crippen LogP contribution in [0.15, 0.2) is 0 Å². The quantitative estimate of drug-likeness (QED) is 0.807. The van der Waals surface area contributed by atoms with Crippen LogP contribution in [0.4, 0.5) is 4.79 Å². The summed E-state index contributed by atoms with van der Waals surface area (Å²) in [4.78, 5) is 28.2. The van der Waals surface area contributed by atoms with Crippen molar-refractivity contribution in [2.75, 3.05) is 26.7 Å². The number of hydrogen-bond donors (Lipinski definition) is 2. The van der Waals surface area contributed by atoms with Crippen LogP contribution in [0, 0.1) is 5.92 Å². The lowest BCUT2D eigenvalue weighted by Crippen LogP contribution is -2.63. The van der Waals surface area contributed by atoms with E-state index in [-0.39, 0.29) is 12.1 Å². The number of aliphatic carboxylic acids is 1. The lowest BCUT2D eigenvalue weighted by Gasteiger charge is -2.42. The van der Waals surface area contributed by atoms with Gasteiger partial charge in [-0.25, -0.2) is 9.59 Å². The molecule has 3 unspecified atom stereocenters. The molecule has 120 valence electrons. The Morgan fingerprint density at radius 1 is 1.29 bits per heavy atom. The van der Waals surface area contributed by atoms with Crippen molar-refractivity contribution >= 4 is 12.0 Å². The Kier molecular flexibility index (Phi) is 4.76. The summed E-state index contributed by atoms with van der Waals surface area (Å²) in [7, 11) is 2.04. The lowest BCUT2D eigenvalue weighted by atomic mass is 9.76. The minimum absolute atomic E-state index is 0.107. The van der Waals surface area contributed by atoms with Crippen LogP contribution in [-0.2, 0) is 4.79 Å². The third-order valence-electron chi connectivity index (χ3n) is 4.84. The van der Waals surface area contributed by atoms with E-state index < -0.39 is 11.5 Å². The number of carboxylic acid groups (broad SMARTS) is 1. The number of piperazine rings is 1. The molecular weight excluding hydrogens is 270 g/mol. The Labute approximate surface area is 126 Å². The zero-order valence-corrected chi connectivity index (χ0v) is 13.3. The van der Waals surface area contributed by atoms with Gasteiger partial charge in [0.15, 0.2) is 0 Å². The highest BCUT2D eigenvalue weighted by molar-refractivity contribution is 5.86. The molecule has 1 heterocycles. The summed E-state index contributed by atoms with van der Waals surface area (Å²) in [5, 5.41) is 12.5. The Balaban J connectivity index is 2.06. The molecule has 2 fully saturated rings. The molecule has 1 aliphatic carbocycles. The van der Waals surface area contributed by atoms with Crippen molar-refractivity contribution in [2.45, 2.75) is 51.1 Å². The number of carbonyl (C=O) groups is 2. The van der Waals surface area contributed by atoms with Crippen molar-refractivity contribution in [3.05, 3.63) is 0 Å². The van der Waals surface area contributed by atoms with Gasteiger partial charge in [0.1, 0.15) is 5.54 Å². The van der Waals surface area contributed by atoms with Crippen LogP contribution in [0.3, 0.4) is 0 Å². The lowest BCUT2D eigenvalue weighted by molar-refractivity contribution is -0.146. The Morgan fingerprint density at radius 2 is 2.00 bits per heavy atom. The number of carbonyl (C=O) groups excluding carboxylic acids is 1. The second-order valence-electron chi connectivity index (χ2n) is 6.82. The molecule has 1 saturated carbocycles. The van der Waals surface area contributed by atoms with E-state index in [1.54, 1.807) is 4.90 Å². The predicted molar refractivity (Wildman–Crippen MR) is 80.2 cm³/mol. The highest BCUT2D eigenvalue weighted by Crippen LogP contribution is 2.33. The first kappa shape index (κ1) is 16.1. The van der Waals surface area contributed by atoms with Gasteiger partial charge in [-0.1, -0.05) is 19.8 Å². The number of amides is 2. The fraction of sp³-hybridized carbons (Fsp3) is 0.867. The molecule has 0 spiro atoms. The van der Waals surface area contributed by atoms with Gasteiger partial charge in [0, 0.05) is 25.7 Å². The molecule has 0 radical (unpaired) electrons. The van der Waals surface area contributed by atoms with E-state index in [1.165, 1.54) is 0 Å². The number of hydrogen-bond acceptors (Lipinski definition) is 3. The van der Waals surface area contributed by atoms with Gasteiger partial charge >= 0.3 is 12.0 Å². The van der Waals surface area contributed by atoms with Crippen LogP contribution < -0.4 is 5.32 Å². The van der Waals surface area contributed by atoms with E-state index in [1.807, 2.05) is 14.0 Å². The molecule has 6 nitrogen and oxygen atoms in total. The van der Waals surface area contributed by atoms with Gasteiger partial charge in [0.25, 0.3) is 0 Å². The van der Waals surface area contributed by atoms with Gasteiger partial charge < -0.3 is 20.2 Å². The monoisotopic (exact) mass is 297 g/mol. The first-order valence-corrected chi connectivity index (χ1v) is 7.85. The van der Waals surface area contributed by atoms with Crippen molar-refractivity contribution in [3.63, 3.8) is 0 Å². The second-order valence-corrected chi connectivity index (χ2v) is 6.82. The molecule has 1 saturated heterocycles. The second kappa shape index (κ2) is 6.22. The van der Waals surface area contributed by atoms with E-state index in [0.29, 0.717) is 25.3 Å². The third-order valence-corrected chi connectivity index (χ3v) is 4.84. The molecule has 0 aromatic heterocycles. The summed E-state index contributed by atoms with van der Waals surface area (Å²) >= 11 is 0. The fourth-order valence-electron chi connectivity index (χ4n) is 3.63. The minimum Gasteiger partial charge on any atom is -0.480 e. The van der Waals surface area contributed by atoms with Gasteiger partial charge in [0.2, 0.25) is 0 Å². The molecule has 0 bridgehead atoms. The summed E-state index contributed by atoms with van der Waals surface area (Å²) in [6, 6.07) is -0.122. The Morgan fingerprint density at radius 3 is 2.57 bits per heavy atom. The Bertz CT molecular complexity index is 415. The summed E-state index contributed by atoms with van der Waals surface area (Å²) in [6.45, 7) is 6.36. The number of rotatable bonds is 2. The van der Waals surface area contributed by atoms with Crippen molar-refractivity contribution in [2.24, 2.45) is 5.92 Å². The molecule has 0 aromatic carbocycles. The van der Waals surface area contributed by atoms with E-state index in [9.17, 15) is 14.7 Å². The maximum Gasteiger partial charge on any atom is 0.329 e. The van der Waals surface area contributed by atoms with E-state index in [2.05, 4.69) is 17.1 Å². The molecule has 2 aliphatic rings. The zero-order chi connectivity index (χ0) is 15.6. The summed E-state index contributed by atoms with van der Waals surface area (Å²) in [5.41, 5.74) is -1.09. The molecule has 1 aliphatic heterocycles. The first-order valence-electron chi connectivity index (χ1n) is 7.85. The minimum atomic E-state index is -1.09. The van der Waals surface area contributed by atoms with Gasteiger partial charge in [-0.2, -0.15) is 0 Å². The highest BCUT2D eigenvalue weighted by atomic mass is 16.4. The van der Waals surface area contributed by atoms with E-state index in [0.717, 1.165) is 25.9 Å². The van der Waals surface area contributed by atoms with E-state index in [4.69, 9.17) is 0 Å². The normalized spacial score (nSPS) is 34.5. The summed E-state index contributed by atoms with van der Waals surface area (Å²) in [5.74, 6) is -0.566. The number of carboxylic acids is 1. The predicted octanol–water partition coefficient (Wildman–Crippen LogP) is 1.37. The average Bonchev–Trinajstić information content (AvgIpc) is 2.38. The van der Waals surface area contributed by atoms with Crippen molar-refractivity contribution < 1.29 is 14.7 Å². The first-order chi connectivity index (χ1) is 9.84. The van der Waals surface area contributed by atoms with Crippen LogP contribution >= 0.6 is 0 Å². The maximum atomic E-state index is 12.5. The zero-order valence-electron chi connectivity index (χ0n) is 13.3. The van der Waals surface area contributed by atoms with Gasteiger partial charge in [0.05, 0.1) is 0 Å². The molecule has 0 aromatic rings. The van der Waals surface area contributed by atoms with Crippen molar-refractivity contribution in [3.8, 4) is 0 Å². The van der Waals surface area contributed by atoms with Gasteiger partial charge in [-0.3, -0.25) is 0 Å². The average molecular weight is 297 g/mol. The number of nitrogens with zero attached hydrogens (tertiary/aromatic N) is 2. The number of likely N-dealkylation sites (N-methyl/N-ethyl adjacent to an activating group) is 1. The molecule has 2 amide bonds.